The Morgan fingerprint density at radius 1 is 0.619 bits per heavy atom. The standard InChI is InChI=1S/C19H42N.ClH/c1-8-9-13-20(14-10-17(2)3,15-11-18(4)5)16-12-19(6)7;/h17-19H,8-16H2,1-7H3;1H/q+1;/p-1. The maximum atomic E-state index is 2.37. The van der Waals surface area contributed by atoms with Crippen LogP contribution in [-0.4, -0.2) is 30.7 Å². The highest BCUT2D eigenvalue weighted by molar-refractivity contribution is 4.55. The van der Waals surface area contributed by atoms with Gasteiger partial charge in [0.1, 0.15) is 0 Å². The van der Waals surface area contributed by atoms with Crippen LogP contribution in [0.5, 0.6) is 0 Å². The number of hydrogen-bond donors (Lipinski definition) is 0. The summed E-state index contributed by atoms with van der Waals surface area (Å²) in [7, 11) is 0. The van der Waals surface area contributed by atoms with Crippen molar-refractivity contribution in [3.63, 3.8) is 0 Å². The van der Waals surface area contributed by atoms with Gasteiger partial charge in [0, 0.05) is 0 Å². The van der Waals surface area contributed by atoms with Crippen molar-refractivity contribution in [1.82, 2.24) is 0 Å². The number of unbranched alkanes of at least 4 members (excludes halogenated alkanes) is 1. The van der Waals surface area contributed by atoms with Crippen molar-refractivity contribution in [1.29, 1.82) is 0 Å². The summed E-state index contributed by atoms with van der Waals surface area (Å²) in [6.45, 7) is 22.2. The molecule has 0 aromatic carbocycles. The second-order valence-corrected chi connectivity index (χ2v) is 8.14. The average Bonchev–Trinajstić information content (AvgIpc) is 2.36. The minimum atomic E-state index is 0. The van der Waals surface area contributed by atoms with E-state index in [9.17, 15) is 0 Å². The van der Waals surface area contributed by atoms with E-state index < -0.39 is 0 Å². The topological polar surface area (TPSA) is 0 Å². The van der Waals surface area contributed by atoms with E-state index in [0.717, 1.165) is 17.8 Å². The van der Waals surface area contributed by atoms with Crippen LogP contribution in [0.4, 0.5) is 0 Å². The number of quaternary nitrogens is 1. The average molecular weight is 320 g/mol. The Labute approximate surface area is 141 Å². The van der Waals surface area contributed by atoms with E-state index in [2.05, 4.69) is 48.5 Å². The molecule has 0 N–H and O–H groups in total. The Morgan fingerprint density at radius 2 is 0.952 bits per heavy atom. The number of halogens is 1. The molecule has 0 saturated heterocycles. The Morgan fingerprint density at radius 3 is 1.19 bits per heavy atom. The zero-order valence-electron chi connectivity index (χ0n) is 15.9. The summed E-state index contributed by atoms with van der Waals surface area (Å²) in [5, 5.41) is 0. The smallest absolute Gasteiger partial charge is 0.0789 e. The van der Waals surface area contributed by atoms with E-state index in [0.29, 0.717) is 0 Å². The molecule has 0 bridgehead atoms. The molecule has 0 aromatic rings. The molecule has 21 heavy (non-hydrogen) atoms. The van der Waals surface area contributed by atoms with Gasteiger partial charge in [-0.25, -0.2) is 0 Å². The highest BCUT2D eigenvalue weighted by atomic mass is 35.5. The molecule has 0 radical (unpaired) electrons. The third kappa shape index (κ3) is 12.5. The van der Waals surface area contributed by atoms with Gasteiger partial charge in [0.25, 0.3) is 0 Å². The summed E-state index contributed by atoms with van der Waals surface area (Å²) in [6, 6.07) is 0. The molecular weight excluding hydrogens is 278 g/mol. The highest BCUT2D eigenvalue weighted by Gasteiger charge is 2.27. The van der Waals surface area contributed by atoms with Crippen LogP contribution < -0.4 is 12.4 Å². The van der Waals surface area contributed by atoms with Crippen LogP contribution in [-0.2, 0) is 0 Å². The molecule has 0 aliphatic rings. The Bertz CT molecular complexity index is 192. The van der Waals surface area contributed by atoms with Crippen molar-refractivity contribution < 1.29 is 16.9 Å². The van der Waals surface area contributed by atoms with Crippen LogP contribution in [0.1, 0.15) is 80.6 Å². The molecule has 0 spiro atoms. The van der Waals surface area contributed by atoms with E-state index in [1.807, 2.05) is 0 Å². The Kier molecular flexibility index (Phi) is 14.3. The van der Waals surface area contributed by atoms with Crippen LogP contribution in [0.2, 0.25) is 0 Å². The third-order valence-corrected chi connectivity index (χ3v) is 4.53. The summed E-state index contributed by atoms with van der Waals surface area (Å²) in [4.78, 5) is 0. The van der Waals surface area contributed by atoms with Gasteiger partial charge in [-0.3, -0.25) is 0 Å². The van der Waals surface area contributed by atoms with Crippen molar-refractivity contribution in [2.45, 2.75) is 80.6 Å². The molecule has 0 aliphatic heterocycles. The van der Waals surface area contributed by atoms with Gasteiger partial charge < -0.3 is 16.9 Å². The van der Waals surface area contributed by atoms with Crippen molar-refractivity contribution in [3.8, 4) is 0 Å². The first-order valence-corrected chi connectivity index (χ1v) is 9.16. The molecule has 0 aromatic heterocycles. The minimum absolute atomic E-state index is 0. The van der Waals surface area contributed by atoms with E-state index in [-0.39, 0.29) is 12.4 Å². The summed E-state index contributed by atoms with van der Waals surface area (Å²) >= 11 is 0. The summed E-state index contributed by atoms with van der Waals surface area (Å²) in [6.07, 6.45) is 6.90. The predicted molar refractivity (Wildman–Crippen MR) is 93.0 cm³/mol. The first kappa shape index (κ1) is 23.5. The Balaban J connectivity index is 0. The summed E-state index contributed by atoms with van der Waals surface area (Å²) < 4.78 is 1.39. The number of nitrogens with zero attached hydrogens (tertiary/aromatic N) is 1. The lowest BCUT2D eigenvalue weighted by atomic mass is 10.0. The Hall–Kier alpha value is 0.250. The van der Waals surface area contributed by atoms with Gasteiger partial charge in [-0.1, -0.05) is 54.9 Å². The molecule has 1 nitrogen and oxygen atoms in total. The maximum Gasteiger partial charge on any atom is 0.0789 e. The quantitative estimate of drug-likeness (QED) is 0.485. The third-order valence-electron chi connectivity index (χ3n) is 4.53. The molecular formula is C19H42ClN. The molecule has 0 rings (SSSR count). The van der Waals surface area contributed by atoms with Crippen molar-refractivity contribution >= 4 is 0 Å². The molecule has 2 heteroatoms. The molecule has 0 saturated carbocycles. The lowest BCUT2D eigenvalue weighted by Crippen LogP contribution is -3.00. The van der Waals surface area contributed by atoms with Gasteiger partial charge in [0.05, 0.1) is 26.2 Å². The first-order valence-electron chi connectivity index (χ1n) is 9.16. The lowest BCUT2D eigenvalue weighted by molar-refractivity contribution is -0.929. The van der Waals surface area contributed by atoms with Crippen LogP contribution in [0.15, 0.2) is 0 Å². The monoisotopic (exact) mass is 319 g/mol. The van der Waals surface area contributed by atoms with E-state index in [4.69, 9.17) is 0 Å². The zero-order valence-corrected chi connectivity index (χ0v) is 16.7. The zero-order chi connectivity index (χ0) is 15.6. The van der Waals surface area contributed by atoms with Crippen LogP contribution in [0.25, 0.3) is 0 Å². The fraction of sp³-hybridized carbons (Fsp3) is 1.00. The fourth-order valence-corrected chi connectivity index (χ4v) is 2.76. The molecule has 0 unspecified atom stereocenters. The van der Waals surface area contributed by atoms with E-state index in [1.54, 1.807) is 0 Å². The second-order valence-electron chi connectivity index (χ2n) is 8.14. The van der Waals surface area contributed by atoms with E-state index >= 15 is 0 Å². The van der Waals surface area contributed by atoms with Crippen molar-refractivity contribution in [2.75, 3.05) is 26.2 Å². The van der Waals surface area contributed by atoms with Crippen LogP contribution >= 0.6 is 0 Å². The van der Waals surface area contributed by atoms with Gasteiger partial charge in [0.15, 0.2) is 0 Å². The fourth-order valence-electron chi connectivity index (χ4n) is 2.76. The number of hydrogen-bond acceptors (Lipinski definition) is 0. The van der Waals surface area contributed by atoms with Gasteiger partial charge in [-0.05, 0) is 43.4 Å². The predicted octanol–water partition coefficient (Wildman–Crippen LogP) is 2.75. The van der Waals surface area contributed by atoms with Crippen LogP contribution in [0.3, 0.4) is 0 Å². The summed E-state index contributed by atoms with van der Waals surface area (Å²) in [5.74, 6) is 2.52. The van der Waals surface area contributed by atoms with Gasteiger partial charge in [0.2, 0.25) is 0 Å². The maximum absolute atomic E-state index is 2.37. The molecule has 0 aliphatic carbocycles. The molecule has 130 valence electrons. The molecule has 0 atom stereocenters. The van der Waals surface area contributed by atoms with Crippen molar-refractivity contribution in [2.24, 2.45) is 17.8 Å². The van der Waals surface area contributed by atoms with Crippen molar-refractivity contribution in [3.05, 3.63) is 0 Å². The second kappa shape index (κ2) is 12.8. The van der Waals surface area contributed by atoms with Gasteiger partial charge >= 0.3 is 0 Å². The molecule has 0 fully saturated rings. The first-order chi connectivity index (χ1) is 9.31. The normalized spacial score (nSPS) is 12.3. The van der Waals surface area contributed by atoms with E-state index in [1.165, 1.54) is 62.8 Å². The van der Waals surface area contributed by atoms with Gasteiger partial charge in [-0.2, -0.15) is 0 Å². The SMILES string of the molecule is CCCC[N+](CCC(C)C)(CCC(C)C)CCC(C)C.[Cl-]. The minimum Gasteiger partial charge on any atom is -1.00 e. The summed E-state index contributed by atoms with van der Waals surface area (Å²) in [5.41, 5.74) is 0. The lowest BCUT2D eigenvalue weighted by Gasteiger charge is -2.40. The molecule has 0 amide bonds. The highest BCUT2D eigenvalue weighted by Crippen LogP contribution is 2.20. The number of rotatable bonds is 12. The van der Waals surface area contributed by atoms with Crippen LogP contribution in [0, 0.1) is 17.8 Å². The molecule has 0 heterocycles. The largest absolute Gasteiger partial charge is 1.00 e. The van der Waals surface area contributed by atoms with Gasteiger partial charge in [-0.15, -0.1) is 0 Å².